The van der Waals surface area contributed by atoms with E-state index in [2.05, 4.69) is 9.68 Å². The highest BCUT2D eigenvalue weighted by atomic mass is 19.1. The van der Waals surface area contributed by atoms with E-state index in [0.29, 0.717) is 0 Å². The van der Waals surface area contributed by atoms with Gasteiger partial charge in [0.1, 0.15) is 11.6 Å². The molecule has 1 aromatic carbocycles. The average Bonchev–Trinajstić information content (AvgIpc) is 2.65. The van der Waals surface area contributed by atoms with E-state index in [0.717, 1.165) is 12.3 Å². The third-order valence-electron chi connectivity index (χ3n) is 2.14. The smallest absolute Gasteiger partial charge is 0.172 e. The summed E-state index contributed by atoms with van der Waals surface area (Å²) in [6.45, 7) is -0.259. The minimum Gasteiger partial charge on any atom is -0.387 e. The summed E-state index contributed by atoms with van der Waals surface area (Å²) in [5.41, 5.74) is 4.69. The summed E-state index contributed by atoms with van der Waals surface area (Å²) in [6.07, 6.45) is -0.249. The lowest BCUT2D eigenvalue weighted by Gasteiger charge is -2.10. The fourth-order valence-corrected chi connectivity index (χ4v) is 1.38. The number of nitrogens with zero attached hydrogens (tertiary/aromatic N) is 1. The van der Waals surface area contributed by atoms with Gasteiger partial charge in [-0.1, -0.05) is 5.16 Å². The van der Waals surface area contributed by atoms with E-state index >= 15 is 0 Å². The zero-order valence-electron chi connectivity index (χ0n) is 7.58. The van der Waals surface area contributed by atoms with Crippen LogP contribution in [0.2, 0.25) is 0 Å². The van der Waals surface area contributed by atoms with Crippen LogP contribution in [0, 0.1) is 11.6 Å². The van der Waals surface area contributed by atoms with Crippen LogP contribution in [0.5, 0.6) is 0 Å². The highest BCUT2D eigenvalue weighted by Gasteiger charge is 2.21. The van der Waals surface area contributed by atoms with Crippen molar-refractivity contribution in [3.8, 4) is 0 Å². The predicted molar refractivity (Wildman–Crippen MR) is 47.9 cm³/mol. The molecule has 0 saturated carbocycles. The van der Waals surface area contributed by atoms with Crippen molar-refractivity contribution in [2.75, 3.05) is 6.54 Å². The van der Waals surface area contributed by atoms with Crippen LogP contribution in [-0.2, 0) is 0 Å². The van der Waals surface area contributed by atoms with E-state index in [1.54, 1.807) is 0 Å². The van der Waals surface area contributed by atoms with Gasteiger partial charge in [-0.2, -0.15) is 0 Å². The summed E-state index contributed by atoms with van der Waals surface area (Å²) >= 11 is 0. The molecule has 0 aliphatic heterocycles. The van der Waals surface area contributed by atoms with Gasteiger partial charge in [-0.25, -0.2) is 8.78 Å². The number of benzene rings is 1. The summed E-state index contributed by atoms with van der Waals surface area (Å²) < 4.78 is 31.6. The van der Waals surface area contributed by atoms with E-state index in [9.17, 15) is 13.9 Å². The molecule has 2 aromatic rings. The Kier molecular flexibility index (Phi) is 2.37. The molecule has 3 N–H and O–H groups in total. The van der Waals surface area contributed by atoms with E-state index in [1.165, 1.54) is 0 Å². The zero-order valence-corrected chi connectivity index (χ0v) is 7.58. The number of aliphatic hydroxyl groups excluding tert-OH is 1. The molecule has 0 amide bonds. The molecule has 1 heterocycles. The molecule has 2 rings (SSSR count). The number of aliphatic hydroxyl groups is 1. The number of fused-ring (bicyclic) bond motifs is 1. The Morgan fingerprint density at radius 1 is 1.53 bits per heavy atom. The van der Waals surface area contributed by atoms with Crippen LogP contribution >= 0.6 is 0 Å². The highest BCUT2D eigenvalue weighted by molar-refractivity contribution is 5.77. The summed E-state index contributed by atoms with van der Waals surface area (Å²) in [4.78, 5) is 0. The average molecular weight is 214 g/mol. The largest absolute Gasteiger partial charge is 0.387 e. The number of halogens is 2. The van der Waals surface area contributed by atoms with Gasteiger partial charge >= 0.3 is 0 Å². The minimum absolute atomic E-state index is 0.00188. The van der Waals surface area contributed by atoms with Crippen LogP contribution in [-0.4, -0.2) is 16.8 Å². The van der Waals surface area contributed by atoms with Crippen LogP contribution in [0.4, 0.5) is 8.78 Å². The Balaban J connectivity index is 2.72. The van der Waals surface area contributed by atoms with Crippen molar-refractivity contribution in [1.82, 2.24) is 5.16 Å². The SMILES string of the molecule is NCC(O)c1c(F)cc2oncc2c1F. The van der Waals surface area contributed by atoms with Crippen LogP contribution in [0.3, 0.4) is 0 Å². The van der Waals surface area contributed by atoms with Crippen molar-refractivity contribution in [3.63, 3.8) is 0 Å². The lowest BCUT2D eigenvalue weighted by Crippen LogP contribution is -2.14. The van der Waals surface area contributed by atoms with Gasteiger partial charge in [0.2, 0.25) is 0 Å². The lowest BCUT2D eigenvalue weighted by molar-refractivity contribution is 0.177. The maximum Gasteiger partial charge on any atom is 0.172 e. The summed E-state index contributed by atoms with van der Waals surface area (Å²) in [7, 11) is 0. The van der Waals surface area contributed by atoms with Gasteiger partial charge in [-0.3, -0.25) is 0 Å². The van der Waals surface area contributed by atoms with Gasteiger partial charge in [-0.05, 0) is 0 Å². The van der Waals surface area contributed by atoms with Crippen molar-refractivity contribution in [1.29, 1.82) is 0 Å². The van der Waals surface area contributed by atoms with Crippen molar-refractivity contribution in [3.05, 3.63) is 29.5 Å². The Labute approximate surface area is 83.3 Å². The summed E-state index contributed by atoms with van der Waals surface area (Å²) in [5, 5.41) is 12.7. The number of rotatable bonds is 2. The molecule has 4 nitrogen and oxygen atoms in total. The maximum absolute atomic E-state index is 13.6. The second kappa shape index (κ2) is 3.56. The Morgan fingerprint density at radius 2 is 2.27 bits per heavy atom. The summed E-state index contributed by atoms with van der Waals surface area (Å²) in [6, 6.07) is 0.972. The standard InChI is InChI=1S/C9H8F2N2O2/c10-5-1-7-4(3-13-15-7)9(11)8(5)6(14)2-12/h1,3,6,14H,2,12H2. The molecule has 1 atom stereocenters. The molecule has 0 radical (unpaired) electrons. The number of aromatic nitrogens is 1. The first-order chi connectivity index (χ1) is 7.15. The molecule has 0 bridgehead atoms. The van der Waals surface area contributed by atoms with Crippen molar-refractivity contribution in [2.24, 2.45) is 5.73 Å². The second-order valence-electron chi connectivity index (χ2n) is 3.08. The van der Waals surface area contributed by atoms with E-state index in [4.69, 9.17) is 5.73 Å². The van der Waals surface area contributed by atoms with E-state index in [1.807, 2.05) is 0 Å². The van der Waals surface area contributed by atoms with Gasteiger partial charge in [0, 0.05) is 12.6 Å². The zero-order chi connectivity index (χ0) is 11.0. The van der Waals surface area contributed by atoms with Gasteiger partial charge in [0.15, 0.2) is 5.58 Å². The Bertz CT molecular complexity index is 498. The van der Waals surface area contributed by atoms with E-state index in [-0.39, 0.29) is 17.5 Å². The highest BCUT2D eigenvalue weighted by Crippen LogP contribution is 2.27. The third-order valence-corrected chi connectivity index (χ3v) is 2.14. The summed E-state index contributed by atoms with van der Waals surface area (Å²) in [5.74, 6) is -1.78. The topological polar surface area (TPSA) is 72.3 Å². The first-order valence-electron chi connectivity index (χ1n) is 4.25. The van der Waals surface area contributed by atoms with Crippen LogP contribution in [0.15, 0.2) is 16.8 Å². The van der Waals surface area contributed by atoms with Crippen molar-refractivity contribution < 1.29 is 18.4 Å². The molecule has 0 fully saturated rings. The second-order valence-corrected chi connectivity index (χ2v) is 3.08. The van der Waals surface area contributed by atoms with Crippen LogP contribution in [0.1, 0.15) is 11.7 Å². The number of hydrogen-bond donors (Lipinski definition) is 2. The predicted octanol–water partition coefficient (Wildman–Crippen LogP) is 1.10. The lowest BCUT2D eigenvalue weighted by atomic mass is 10.1. The first kappa shape index (κ1) is 10.0. The minimum atomic E-state index is -1.37. The normalized spacial score (nSPS) is 13.3. The molecule has 0 aliphatic rings. The number of nitrogens with two attached hydrogens (primary N) is 1. The molecule has 0 saturated heterocycles. The molecular weight excluding hydrogens is 206 g/mol. The van der Waals surface area contributed by atoms with E-state index < -0.39 is 23.3 Å². The fraction of sp³-hybridized carbons (Fsp3) is 0.222. The molecular formula is C9H8F2N2O2. The maximum atomic E-state index is 13.6. The van der Waals surface area contributed by atoms with Crippen LogP contribution < -0.4 is 5.73 Å². The first-order valence-corrected chi connectivity index (χ1v) is 4.25. The molecule has 1 unspecified atom stereocenters. The van der Waals surface area contributed by atoms with Crippen molar-refractivity contribution in [2.45, 2.75) is 6.10 Å². The molecule has 80 valence electrons. The molecule has 1 aromatic heterocycles. The molecule has 6 heteroatoms. The monoisotopic (exact) mass is 214 g/mol. The number of hydrogen-bond acceptors (Lipinski definition) is 4. The van der Waals surface area contributed by atoms with Crippen molar-refractivity contribution >= 4 is 11.0 Å². The van der Waals surface area contributed by atoms with Gasteiger partial charge in [-0.15, -0.1) is 0 Å². The molecule has 15 heavy (non-hydrogen) atoms. The van der Waals surface area contributed by atoms with Gasteiger partial charge in [0.05, 0.1) is 23.3 Å². The Hall–Kier alpha value is -1.53. The fourth-order valence-electron chi connectivity index (χ4n) is 1.38. The Morgan fingerprint density at radius 3 is 2.93 bits per heavy atom. The molecule has 0 spiro atoms. The van der Waals surface area contributed by atoms with Gasteiger partial charge < -0.3 is 15.4 Å². The quantitative estimate of drug-likeness (QED) is 0.785. The molecule has 0 aliphatic carbocycles. The van der Waals surface area contributed by atoms with Crippen LogP contribution in [0.25, 0.3) is 11.0 Å². The van der Waals surface area contributed by atoms with Gasteiger partial charge in [0.25, 0.3) is 0 Å². The third kappa shape index (κ3) is 1.47.